The Morgan fingerprint density at radius 2 is 1.71 bits per heavy atom. The van der Waals surface area contributed by atoms with Gasteiger partial charge in [-0.05, 0) is 33.3 Å². The van der Waals surface area contributed by atoms with Crippen LogP contribution >= 0.6 is 12.2 Å². The lowest BCUT2D eigenvalue weighted by atomic mass is 10.0. The highest BCUT2D eigenvalue weighted by Crippen LogP contribution is 2.33. The van der Waals surface area contributed by atoms with E-state index < -0.39 is 0 Å². The van der Waals surface area contributed by atoms with Crippen molar-refractivity contribution in [3.05, 3.63) is 35.9 Å². The van der Waals surface area contributed by atoms with Crippen LogP contribution in [0.25, 0.3) is 0 Å². The van der Waals surface area contributed by atoms with Crippen LogP contribution < -0.4 is 5.32 Å². The van der Waals surface area contributed by atoms with E-state index in [1.54, 1.807) is 0 Å². The molecule has 1 saturated heterocycles. The Morgan fingerprint density at radius 3 is 2.18 bits per heavy atom. The summed E-state index contributed by atoms with van der Waals surface area (Å²) >= 11 is 5.44. The van der Waals surface area contributed by atoms with Crippen molar-refractivity contribution in [2.75, 3.05) is 0 Å². The maximum Gasteiger partial charge on any atom is 0.0969 e. The molecule has 1 fully saturated rings. The van der Waals surface area contributed by atoms with Gasteiger partial charge in [0, 0.05) is 6.54 Å². The maximum atomic E-state index is 5.44. The third-order valence-electron chi connectivity index (χ3n) is 3.51. The molecular formula is C14H20N2S. The van der Waals surface area contributed by atoms with E-state index in [-0.39, 0.29) is 11.2 Å². The summed E-state index contributed by atoms with van der Waals surface area (Å²) < 4.78 is 0. The van der Waals surface area contributed by atoms with Gasteiger partial charge in [0.2, 0.25) is 0 Å². The molecule has 1 aliphatic rings. The van der Waals surface area contributed by atoms with Crippen molar-refractivity contribution in [1.29, 1.82) is 0 Å². The fourth-order valence-corrected chi connectivity index (χ4v) is 2.84. The first-order chi connectivity index (χ1) is 7.84. The summed E-state index contributed by atoms with van der Waals surface area (Å²) in [4.78, 5) is 3.34. The number of hydrogen-bond donors (Lipinski definition) is 1. The molecule has 2 nitrogen and oxygen atoms in total. The number of nitrogens with one attached hydrogen (secondary N) is 1. The van der Waals surface area contributed by atoms with Gasteiger partial charge in [-0.3, -0.25) is 4.90 Å². The van der Waals surface area contributed by atoms with Crippen LogP contribution in [-0.2, 0) is 6.54 Å². The molecule has 1 aliphatic heterocycles. The molecule has 0 atom stereocenters. The largest absolute Gasteiger partial charge is 0.361 e. The summed E-state index contributed by atoms with van der Waals surface area (Å²) in [6.07, 6.45) is 0. The molecule has 1 N–H and O–H groups in total. The lowest BCUT2D eigenvalue weighted by Gasteiger charge is -2.38. The van der Waals surface area contributed by atoms with Crippen LogP contribution in [0.2, 0.25) is 0 Å². The van der Waals surface area contributed by atoms with Gasteiger partial charge in [-0.15, -0.1) is 0 Å². The zero-order valence-corrected chi connectivity index (χ0v) is 11.8. The molecule has 0 spiro atoms. The molecule has 0 aliphatic carbocycles. The van der Waals surface area contributed by atoms with Gasteiger partial charge in [-0.1, -0.05) is 42.5 Å². The highest BCUT2D eigenvalue weighted by atomic mass is 32.1. The molecule has 0 unspecified atom stereocenters. The minimum atomic E-state index is -0.0886. The fourth-order valence-electron chi connectivity index (χ4n) is 2.48. The standard InChI is InChI=1S/C14H20N2S/c1-13(2)12(17)15-14(3,4)16(13)10-11-8-6-5-7-9-11/h5-9H,10H2,1-4H3,(H,15,17). The molecule has 1 heterocycles. The lowest BCUT2D eigenvalue weighted by molar-refractivity contribution is 0.0722. The minimum absolute atomic E-state index is 0.0869. The average Bonchev–Trinajstić information content (AvgIpc) is 2.39. The third-order valence-corrected chi connectivity index (χ3v) is 4.11. The second kappa shape index (κ2) is 4.07. The van der Waals surface area contributed by atoms with Crippen LogP contribution in [0.1, 0.15) is 33.3 Å². The van der Waals surface area contributed by atoms with Gasteiger partial charge >= 0.3 is 0 Å². The number of rotatable bonds is 2. The molecule has 17 heavy (non-hydrogen) atoms. The van der Waals surface area contributed by atoms with Crippen LogP contribution in [0, 0.1) is 0 Å². The monoisotopic (exact) mass is 248 g/mol. The minimum Gasteiger partial charge on any atom is -0.361 e. The fraction of sp³-hybridized carbons (Fsp3) is 0.500. The summed E-state index contributed by atoms with van der Waals surface area (Å²) in [5.74, 6) is 0. The summed E-state index contributed by atoms with van der Waals surface area (Å²) in [7, 11) is 0. The van der Waals surface area contributed by atoms with E-state index in [1.807, 2.05) is 6.07 Å². The predicted molar refractivity (Wildman–Crippen MR) is 75.9 cm³/mol. The van der Waals surface area contributed by atoms with Gasteiger partial charge in [0.25, 0.3) is 0 Å². The van der Waals surface area contributed by atoms with E-state index >= 15 is 0 Å². The molecule has 1 aromatic carbocycles. The Balaban J connectivity index is 2.28. The zero-order chi connectivity index (χ0) is 12.7. The first kappa shape index (κ1) is 12.5. The molecular weight excluding hydrogens is 228 g/mol. The van der Waals surface area contributed by atoms with Gasteiger partial charge in [0.05, 0.1) is 16.2 Å². The van der Waals surface area contributed by atoms with E-state index in [2.05, 4.69) is 62.2 Å². The molecule has 2 rings (SSSR count). The summed E-state index contributed by atoms with van der Waals surface area (Å²) in [5, 5.41) is 3.41. The Labute approximate surface area is 109 Å². The number of hydrogen-bond acceptors (Lipinski definition) is 2. The Morgan fingerprint density at radius 1 is 1.12 bits per heavy atom. The quantitative estimate of drug-likeness (QED) is 0.810. The van der Waals surface area contributed by atoms with E-state index in [0.29, 0.717) is 0 Å². The normalized spacial score (nSPS) is 22.5. The van der Waals surface area contributed by atoms with Crippen molar-refractivity contribution in [1.82, 2.24) is 10.2 Å². The topological polar surface area (TPSA) is 15.3 Å². The Bertz CT molecular complexity index is 423. The summed E-state index contributed by atoms with van der Waals surface area (Å²) in [6.45, 7) is 9.63. The predicted octanol–water partition coefficient (Wildman–Crippen LogP) is 2.93. The van der Waals surface area contributed by atoms with Gasteiger partial charge in [-0.2, -0.15) is 0 Å². The second-order valence-corrected chi connectivity index (χ2v) is 6.05. The molecule has 3 heteroatoms. The zero-order valence-electron chi connectivity index (χ0n) is 10.9. The Hall–Kier alpha value is -0.930. The van der Waals surface area contributed by atoms with Crippen molar-refractivity contribution in [2.24, 2.45) is 0 Å². The van der Waals surface area contributed by atoms with Gasteiger partial charge < -0.3 is 5.32 Å². The van der Waals surface area contributed by atoms with Crippen molar-refractivity contribution in [3.8, 4) is 0 Å². The number of thiocarbonyl (C=S) groups is 1. The van der Waals surface area contributed by atoms with E-state index in [0.717, 1.165) is 11.5 Å². The third kappa shape index (κ3) is 2.22. The molecule has 0 amide bonds. The van der Waals surface area contributed by atoms with Crippen LogP contribution in [0.4, 0.5) is 0 Å². The van der Waals surface area contributed by atoms with Crippen LogP contribution in [0.15, 0.2) is 30.3 Å². The summed E-state index contributed by atoms with van der Waals surface area (Å²) in [5.41, 5.74) is 1.14. The molecule has 92 valence electrons. The molecule has 0 aromatic heterocycles. The first-order valence-electron chi connectivity index (χ1n) is 5.98. The average molecular weight is 248 g/mol. The second-order valence-electron chi connectivity index (χ2n) is 5.64. The van der Waals surface area contributed by atoms with E-state index in [1.165, 1.54) is 5.56 Å². The smallest absolute Gasteiger partial charge is 0.0969 e. The van der Waals surface area contributed by atoms with Crippen molar-refractivity contribution in [3.63, 3.8) is 0 Å². The van der Waals surface area contributed by atoms with Crippen molar-refractivity contribution in [2.45, 2.75) is 45.4 Å². The SMILES string of the molecule is CC1(C)NC(=S)C(C)(C)N1Cc1ccccc1. The highest BCUT2D eigenvalue weighted by molar-refractivity contribution is 7.80. The first-order valence-corrected chi connectivity index (χ1v) is 6.39. The number of benzene rings is 1. The Kier molecular flexibility index (Phi) is 3.00. The van der Waals surface area contributed by atoms with E-state index in [9.17, 15) is 0 Å². The molecule has 1 aromatic rings. The maximum absolute atomic E-state index is 5.44. The molecule has 0 bridgehead atoms. The summed E-state index contributed by atoms with van der Waals surface area (Å²) in [6, 6.07) is 10.5. The van der Waals surface area contributed by atoms with Crippen LogP contribution in [0.3, 0.4) is 0 Å². The van der Waals surface area contributed by atoms with Crippen LogP contribution in [0.5, 0.6) is 0 Å². The van der Waals surface area contributed by atoms with E-state index in [4.69, 9.17) is 12.2 Å². The molecule has 0 saturated carbocycles. The van der Waals surface area contributed by atoms with Crippen molar-refractivity contribution >= 4 is 17.2 Å². The van der Waals surface area contributed by atoms with Crippen molar-refractivity contribution < 1.29 is 0 Å². The van der Waals surface area contributed by atoms with Gasteiger partial charge in [0.1, 0.15) is 0 Å². The van der Waals surface area contributed by atoms with Crippen LogP contribution in [-0.4, -0.2) is 21.1 Å². The van der Waals surface area contributed by atoms with Gasteiger partial charge in [0.15, 0.2) is 0 Å². The lowest BCUT2D eigenvalue weighted by Crippen LogP contribution is -2.50. The number of nitrogens with zero attached hydrogens (tertiary/aromatic N) is 1. The molecule has 0 radical (unpaired) electrons. The van der Waals surface area contributed by atoms with Gasteiger partial charge in [-0.25, -0.2) is 0 Å². The highest BCUT2D eigenvalue weighted by Gasteiger charge is 2.47.